The lowest BCUT2D eigenvalue weighted by Crippen LogP contribution is -2.30. The van der Waals surface area contributed by atoms with Crippen LogP contribution >= 0.6 is 0 Å². The lowest BCUT2D eigenvalue weighted by molar-refractivity contribution is -0.167. The van der Waals surface area contributed by atoms with E-state index in [1.165, 1.54) is 148 Å². The minimum absolute atomic E-state index is 0.0775. The Balaban J connectivity index is 3.98. The molecule has 0 fully saturated rings. The van der Waals surface area contributed by atoms with E-state index in [1.54, 1.807) is 0 Å². The van der Waals surface area contributed by atoms with Crippen LogP contribution in [0.5, 0.6) is 0 Å². The van der Waals surface area contributed by atoms with Gasteiger partial charge in [-0.05, 0) is 89.9 Å². The molecule has 0 bridgehead atoms. The predicted molar refractivity (Wildman–Crippen MR) is 321 cm³/mol. The van der Waals surface area contributed by atoms with E-state index in [0.29, 0.717) is 19.3 Å². The minimum atomic E-state index is -0.778. The topological polar surface area (TPSA) is 78.9 Å². The fourth-order valence-electron chi connectivity index (χ4n) is 8.92. The highest BCUT2D eigenvalue weighted by molar-refractivity contribution is 5.71. The second kappa shape index (κ2) is 62.1. The van der Waals surface area contributed by atoms with Crippen LogP contribution in [-0.2, 0) is 28.6 Å². The maximum Gasteiger partial charge on any atom is 0.306 e. The number of carbonyl (C=O) groups is 3. The second-order valence-corrected chi connectivity index (χ2v) is 20.9. The van der Waals surface area contributed by atoms with Gasteiger partial charge in [0, 0.05) is 19.3 Å². The van der Waals surface area contributed by atoms with Crippen molar-refractivity contribution in [3.05, 3.63) is 85.1 Å². The third-order valence-electron chi connectivity index (χ3n) is 13.6. The van der Waals surface area contributed by atoms with E-state index >= 15 is 0 Å². The molecular weight excluding hydrogens is 913 g/mol. The number of hydrogen-bond donors (Lipinski definition) is 0. The summed E-state index contributed by atoms with van der Waals surface area (Å²) in [5.41, 5.74) is 0. The molecule has 0 N–H and O–H groups in total. The van der Waals surface area contributed by atoms with Gasteiger partial charge in [-0.3, -0.25) is 14.4 Å². The van der Waals surface area contributed by atoms with E-state index in [9.17, 15) is 14.4 Å². The highest BCUT2D eigenvalue weighted by Crippen LogP contribution is 2.17. The van der Waals surface area contributed by atoms with Crippen LogP contribution in [-0.4, -0.2) is 37.2 Å². The Hall–Kier alpha value is -3.41. The van der Waals surface area contributed by atoms with Crippen molar-refractivity contribution < 1.29 is 28.6 Å². The molecule has 0 radical (unpaired) electrons. The summed E-state index contributed by atoms with van der Waals surface area (Å²) in [6.07, 6.45) is 82.0. The molecule has 0 aliphatic rings. The zero-order valence-electron chi connectivity index (χ0n) is 48.8. The largest absolute Gasteiger partial charge is 0.462 e. The first-order valence-corrected chi connectivity index (χ1v) is 31.6. The van der Waals surface area contributed by atoms with Gasteiger partial charge in [0.1, 0.15) is 13.2 Å². The van der Waals surface area contributed by atoms with Crippen LogP contribution in [0.25, 0.3) is 0 Å². The third kappa shape index (κ3) is 59.5. The Morgan fingerprint density at radius 3 is 0.878 bits per heavy atom. The number of hydrogen-bond acceptors (Lipinski definition) is 6. The molecule has 0 aliphatic heterocycles. The van der Waals surface area contributed by atoms with Crippen LogP contribution in [0.2, 0.25) is 0 Å². The fraction of sp³-hybridized carbons (Fsp3) is 0.750. The summed E-state index contributed by atoms with van der Waals surface area (Å²) in [6.45, 7) is 6.44. The molecule has 0 heterocycles. The Labute approximate surface area is 458 Å². The van der Waals surface area contributed by atoms with Crippen LogP contribution in [0.3, 0.4) is 0 Å². The highest BCUT2D eigenvalue weighted by Gasteiger charge is 2.19. The highest BCUT2D eigenvalue weighted by atomic mass is 16.6. The molecule has 6 nitrogen and oxygen atoms in total. The molecule has 0 aromatic rings. The lowest BCUT2D eigenvalue weighted by atomic mass is 10.0. The third-order valence-corrected chi connectivity index (χ3v) is 13.6. The van der Waals surface area contributed by atoms with Crippen molar-refractivity contribution in [2.24, 2.45) is 0 Å². The number of ether oxygens (including phenoxy) is 3. The summed E-state index contributed by atoms with van der Waals surface area (Å²) in [5, 5.41) is 0. The summed E-state index contributed by atoms with van der Waals surface area (Å²) < 4.78 is 16.8. The van der Waals surface area contributed by atoms with Gasteiger partial charge >= 0.3 is 17.9 Å². The molecule has 0 aliphatic carbocycles. The molecule has 0 aromatic heterocycles. The Kier molecular flexibility index (Phi) is 59.3. The molecule has 0 amide bonds. The Bertz CT molecular complexity index is 1420. The van der Waals surface area contributed by atoms with Gasteiger partial charge in [-0.25, -0.2) is 0 Å². The maximum absolute atomic E-state index is 12.8. The molecule has 74 heavy (non-hydrogen) atoms. The van der Waals surface area contributed by atoms with Crippen molar-refractivity contribution >= 4 is 17.9 Å². The number of rotatable bonds is 57. The van der Waals surface area contributed by atoms with Crippen LogP contribution in [0.1, 0.15) is 310 Å². The van der Waals surface area contributed by atoms with E-state index in [4.69, 9.17) is 14.2 Å². The summed E-state index contributed by atoms with van der Waals surface area (Å²) in [7, 11) is 0. The first-order chi connectivity index (χ1) is 36.5. The van der Waals surface area contributed by atoms with Gasteiger partial charge < -0.3 is 14.2 Å². The van der Waals surface area contributed by atoms with E-state index in [2.05, 4.69) is 106 Å². The standard InChI is InChI=1S/C68H118O6/c1-4-7-10-13-16-19-21-23-24-25-26-27-28-29-30-31-32-33-34-35-36-37-38-39-40-41-42-43-44-46-47-49-52-55-58-61-67(70)73-64-65(63-72-66(69)60-57-54-51-18-15-12-9-6-3)74-68(71)62-59-56-53-50-48-45-22-20-17-14-11-8-5-2/h7,10-11,14,16,19-20,22-24,26-27,29-30,65H,4-6,8-9,12-13,15,17-18,21,25,28,31-64H2,1-3H3/b10-7-,14-11-,19-16-,22-20-,24-23-,27-26-,30-29-. The molecule has 0 aromatic carbocycles. The predicted octanol–water partition coefficient (Wildman–Crippen LogP) is 21.5. The molecule has 426 valence electrons. The van der Waals surface area contributed by atoms with Crippen molar-refractivity contribution in [3.63, 3.8) is 0 Å². The zero-order chi connectivity index (χ0) is 53.6. The molecule has 6 heteroatoms. The first-order valence-electron chi connectivity index (χ1n) is 31.6. The smallest absolute Gasteiger partial charge is 0.306 e. The van der Waals surface area contributed by atoms with Crippen molar-refractivity contribution in [2.75, 3.05) is 13.2 Å². The lowest BCUT2D eigenvalue weighted by Gasteiger charge is -2.18. The number of allylic oxidation sites excluding steroid dienone is 14. The van der Waals surface area contributed by atoms with Gasteiger partial charge in [0.15, 0.2) is 6.10 Å². The average molecular weight is 1030 g/mol. The number of unbranched alkanes of at least 4 members (excludes halogenated alkanes) is 32. The average Bonchev–Trinajstić information content (AvgIpc) is 3.40. The zero-order valence-corrected chi connectivity index (χ0v) is 48.8. The van der Waals surface area contributed by atoms with E-state index in [1.807, 2.05) is 0 Å². The molecule has 1 unspecified atom stereocenters. The molecule has 1 atom stereocenters. The van der Waals surface area contributed by atoms with Crippen LogP contribution in [0.15, 0.2) is 85.1 Å². The summed E-state index contributed by atoms with van der Waals surface area (Å²) in [4.78, 5) is 38.0. The van der Waals surface area contributed by atoms with Crippen molar-refractivity contribution in [2.45, 2.75) is 316 Å². The van der Waals surface area contributed by atoms with Crippen molar-refractivity contribution in [1.29, 1.82) is 0 Å². The van der Waals surface area contributed by atoms with Crippen LogP contribution in [0, 0.1) is 0 Å². The normalized spacial score (nSPS) is 12.6. The summed E-state index contributed by atoms with van der Waals surface area (Å²) in [6, 6.07) is 0. The van der Waals surface area contributed by atoms with Gasteiger partial charge in [0.2, 0.25) is 0 Å². The Morgan fingerprint density at radius 2 is 0.554 bits per heavy atom. The molecule has 0 spiro atoms. The van der Waals surface area contributed by atoms with Gasteiger partial charge in [-0.15, -0.1) is 0 Å². The Morgan fingerprint density at radius 1 is 0.284 bits per heavy atom. The quantitative estimate of drug-likeness (QED) is 0.0261. The van der Waals surface area contributed by atoms with Crippen molar-refractivity contribution in [3.8, 4) is 0 Å². The van der Waals surface area contributed by atoms with Crippen molar-refractivity contribution in [1.82, 2.24) is 0 Å². The second-order valence-electron chi connectivity index (χ2n) is 20.9. The number of esters is 3. The molecular formula is C68H118O6. The van der Waals surface area contributed by atoms with Gasteiger partial charge in [-0.1, -0.05) is 286 Å². The SMILES string of the molecule is CC/C=C\C/C=C\C/C=C\C/C=C\C/C=C\CCCCCCCCCCCCCCCCCCCCCC(=O)OCC(COC(=O)CCCCCCCCCC)OC(=O)CCCCCCC/C=C\C/C=C\CCC. The fourth-order valence-corrected chi connectivity index (χ4v) is 8.92. The molecule has 0 saturated carbocycles. The van der Waals surface area contributed by atoms with Gasteiger partial charge in [-0.2, -0.15) is 0 Å². The number of carbonyl (C=O) groups excluding carboxylic acids is 3. The summed E-state index contributed by atoms with van der Waals surface area (Å²) in [5.74, 6) is -0.886. The monoisotopic (exact) mass is 1030 g/mol. The van der Waals surface area contributed by atoms with Crippen LogP contribution < -0.4 is 0 Å². The van der Waals surface area contributed by atoms with E-state index < -0.39 is 6.10 Å². The first kappa shape index (κ1) is 70.6. The maximum atomic E-state index is 12.8. The van der Waals surface area contributed by atoms with E-state index in [-0.39, 0.29) is 31.1 Å². The van der Waals surface area contributed by atoms with Gasteiger partial charge in [0.25, 0.3) is 0 Å². The minimum Gasteiger partial charge on any atom is -0.462 e. The molecule has 0 rings (SSSR count). The van der Waals surface area contributed by atoms with Gasteiger partial charge in [0.05, 0.1) is 0 Å². The summed E-state index contributed by atoms with van der Waals surface area (Å²) >= 11 is 0. The molecule has 0 saturated heterocycles. The van der Waals surface area contributed by atoms with Crippen LogP contribution in [0.4, 0.5) is 0 Å². The van der Waals surface area contributed by atoms with E-state index in [0.717, 1.165) is 122 Å².